The number of nitrogens with one attached hydrogen (secondary N) is 1. The fourth-order valence-corrected chi connectivity index (χ4v) is 7.03. The Morgan fingerprint density at radius 2 is 1.89 bits per heavy atom. The first kappa shape index (κ1) is 26.2. The number of carbonyl (C=O) groups is 2. The summed E-state index contributed by atoms with van der Waals surface area (Å²) in [5.74, 6) is -0.819. The highest BCUT2D eigenvalue weighted by atomic mass is 32.2. The van der Waals surface area contributed by atoms with Gasteiger partial charge in [0.2, 0.25) is 5.91 Å². The molecule has 1 aliphatic rings. The first-order valence-corrected chi connectivity index (χ1v) is 14.4. The molecule has 0 atom stereocenters. The minimum atomic E-state index is -0.526. The zero-order valence-electron chi connectivity index (χ0n) is 21.6. The topological polar surface area (TPSA) is 90.3 Å². The van der Waals surface area contributed by atoms with Gasteiger partial charge in [0.25, 0.3) is 5.56 Å². The molecule has 5 rings (SSSR count). The lowest BCUT2D eigenvalue weighted by Crippen LogP contribution is -2.24. The Hall–Kier alpha value is -3.43. The van der Waals surface area contributed by atoms with E-state index in [4.69, 9.17) is 9.72 Å². The van der Waals surface area contributed by atoms with Gasteiger partial charge in [0.15, 0.2) is 5.16 Å². The molecule has 0 unspecified atom stereocenters. The van der Waals surface area contributed by atoms with Gasteiger partial charge >= 0.3 is 5.97 Å². The van der Waals surface area contributed by atoms with Crippen LogP contribution in [0.2, 0.25) is 0 Å². The van der Waals surface area contributed by atoms with Crippen molar-refractivity contribution in [2.24, 2.45) is 0 Å². The van der Waals surface area contributed by atoms with Crippen LogP contribution in [-0.4, -0.2) is 34.3 Å². The Bertz CT molecular complexity index is 1610. The van der Waals surface area contributed by atoms with Gasteiger partial charge in [0.05, 0.1) is 35.2 Å². The summed E-state index contributed by atoms with van der Waals surface area (Å²) in [5.41, 5.74) is 4.56. The Morgan fingerprint density at radius 1 is 1.11 bits per heavy atom. The molecule has 0 fully saturated rings. The molecule has 2 aromatic carbocycles. The summed E-state index contributed by atoms with van der Waals surface area (Å²) in [6.45, 7) is 4.00. The number of nitrogens with zero attached hydrogens (tertiary/aromatic N) is 2. The Morgan fingerprint density at radius 3 is 2.68 bits per heavy atom. The van der Waals surface area contributed by atoms with Crippen LogP contribution in [0.5, 0.6) is 0 Å². The van der Waals surface area contributed by atoms with Crippen LogP contribution in [0, 0.1) is 13.8 Å². The summed E-state index contributed by atoms with van der Waals surface area (Å²) in [6, 6.07) is 12.7. The molecule has 0 saturated carbocycles. The van der Waals surface area contributed by atoms with Gasteiger partial charge in [-0.3, -0.25) is 14.2 Å². The van der Waals surface area contributed by atoms with Crippen LogP contribution in [0.1, 0.15) is 51.2 Å². The second-order valence-corrected chi connectivity index (χ2v) is 11.5. The molecular weight excluding hydrogens is 518 g/mol. The number of aromatic nitrogens is 2. The Balaban J connectivity index is 1.53. The quantitative estimate of drug-likeness (QED) is 0.141. The van der Waals surface area contributed by atoms with Gasteiger partial charge in [-0.05, 0) is 68.9 Å². The number of rotatable bonds is 6. The average molecular weight is 548 g/mol. The number of benzene rings is 2. The number of thioether (sulfide) groups is 1. The fourth-order valence-electron chi connectivity index (χ4n) is 4.93. The molecule has 0 aliphatic heterocycles. The molecular formula is C29H29N3O4S2. The number of para-hydroxylation sites is 1. The summed E-state index contributed by atoms with van der Waals surface area (Å²) in [6.07, 6.45) is 5.24. The largest absolute Gasteiger partial charge is 0.465 e. The molecule has 9 heteroatoms. The highest BCUT2D eigenvalue weighted by molar-refractivity contribution is 7.99. The molecule has 7 nitrogen and oxygen atoms in total. The van der Waals surface area contributed by atoms with E-state index in [0.717, 1.165) is 52.9 Å². The van der Waals surface area contributed by atoms with E-state index in [1.54, 1.807) is 40.2 Å². The van der Waals surface area contributed by atoms with Crippen molar-refractivity contribution in [1.82, 2.24) is 9.55 Å². The Labute approximate surface area is 229 Å². The van der Waals surface area contributed by atoms with Crippen molar-refractivity contribution >= 4 is 50.9 Å². The minimum Gasteiger partial charge on any atom is -0.465 e. The number of fused-ring (bicyclic) bond motifs is 3. The molecule has 2 aromatic heterocycles. The van der Waals surface area contributed by atoms with Crippen LogP contribution in [-0.2, 0) is 22.4 Å². The molecule has 0 spiro atoms. The molecule has 1 aliphatic carbocycles. The van der Waals surface area contributed by atoms with Gasteiger partial charge in [-0.25, -0.2) is 9.78 Å². The van der Waals surface area contributed by atoms with Gasteiger partial charge in [-0.2, -0.15) is 0 Å². The molecule has 2 heterocycles. The second kappa shape index (κ2) is 11.1. The molecule has 0 bridgehead atoms. The van der Waals surface area contributed by atoms with Crippen molar-refractivity contribution in [2.45, 2.75) is 51.1 Å². The third-order valence-electron chi connectivity index (χ3n) is 6.74. The minimum absolute atomic E-state index is 0.0173. The number of methoxy groups -OCH3 is 1. The lowest BCUT2D eigenvalue weighted by Gasteiger charge is -2.15. The van der Waals surface area contributed by atoms with Gasteiger partial charge in [-0.15, -0.1) is 11.3 Å². The number of amides is 1. The summed E-state index contributed by atoms with van der Waals surface area (Å²) < 4.78 is 6.49. The second-order valence-electron chi connectivity index (χ2n) is 9.44. The van der Waals surface area contributed by atoms with Gasteiger partial charge in [0, 0.05) is 4.88 Å². The molecule has 0 radical (unpaired) electrons. The standard InChI is InChI=1S/C29H29N3O4S2/c1-17-13-14-22(18(2)15-17)32-27(34)25-20-10-5-4-6-12-23(20)38-26(25)31-29(32)37-16-24(33)30-21-11-8-7-9-19(21)28(35)36-3/h7-9,11,13-15H,4-6,10,12,16H2,1-3H3,(H,30,33). The molecule has 38 heavy (non-hydrogen) atoms. The van der Waals surface area contributed by atoms with E-state index < -0.39 is 5.97 Å². The summed E-state index contributed by atoms with van der Waals surface area (Å²) in [5, 5.41) is 3.99. The predicted octanol–water partition coefficient (Wildman–Crippen LogP) is 5.85. The molecule has 196 valence electrons. The zero-order chi connectivity index (χ0) is 26.8. The number of thiophene rings is 1. The number of hydrogen-bond donors (Lipinski definition) is 1. The number of anilines is 1. The third-order valence-corrected chi connectivity index (χ3v) is 8.86. The van der Waals surface area contributed by atoms with Crippen molar-refractivity contribution in [3.63, 3.8) is 0 Å². The SMILES string of the molecule is COC(=O)c1ccccc1NC(=O)CSc1nc2sc3c(c2c(=O)n1-c1ccc(C)cc1C)CCCCC3. The molecule has 0 saturated heterocycles. The van der Waals surface area contributed by atoms with Crippen molar-refractivity contribution < 1.29 is 14.3 Å². The normalized spacial score (nSPS) is 13.1. The van der Waals surface area contributed by atoms with E-state index in [1.807, 2.05) is 32.0 Å². The predicted molar refractivity (Wildman–Crippen MR) is 153 cm³/mol. The molecule has 4 aromatic rings. The fraction of sp³-hybridized carbons (Fsp3) is 0.310. The van der Waals surface area contributed by atoms with Crippen LogP contribution in [0.15, 0.2) is 52.4 Å². The third kappa shape index (κ3) is 5.13. The lowest BCUT2D eigenvalue weighted by molar-refractivity contribution is -0.113. The van der Waals surface area contributed by atoms with Crippen molar-refractivity contribution in [3.05, 3.63) is 79.9 Å². The summed E-state index contributed by atoms with van der Waals surface area (Å²) >= 11 is 2.82. The summed E-state index contributed by atoms with van der Waals surface area (Å²) in [4.78, 5) is 46.1. The van der Waals surface area contributed by atoms with Crippen LogP contribution < -0.4 is 10.9 Å². The van der Waals surface area contributed by atoms with E-state index in [9.17, 15) is 14.4 Å². The van der Waals surface area contributed by atoms with Gasteiger partial charge in [-0.1, -0.05) is 48.0 Å². The van der Waals surface area contributed by atoms with E-state index >= 15 is 0 Å². The van der Waals surface area contributed by atoms with Crippen LogP contribution in [0.4, 0.5) is 5.69 Å². The monoisotopic (exact) mass is 547 g/mol. The lowest BCUT2D eigenvalue weighted by atomic mass is 10.1. The smallest absolute Gasteiger partial charge is 0.339 e. The first-order valence-electron chi connectivity index (χ1n) is 12.6. The number of carbonyl (C=O) groups excluding carboxylic acids is 2. The number of aryl methyl sites for hydroxylation is 4. The number of esters is 1. The van der Waals surface area contributed by atoms with Crippen LogP contribution in [0.3, 0.4) is 0 Å². The molecule has 1 N–H and O–H groups in total. The maximum absolute atomic E-state index is 14.1. The molecule has 1 amide bonds. The maximum Gasteiger partial charge on any atom is 0.339 e. The van der Waals surface area contributed by atoms with Crippen molar-refractivity contribution in [1.29, 1.82) is 0 Å². The van der Waals surface area contributed by atoms with Gasteiger partial charge < -0.3 is 10.1 Å². The van der Waals surface area contributed by atoms with Crippen LogP contribution >= 0.6 is 23.1 Å². The average Bonchev–Trinajstić information content (AvgIpc) is 3.09. The number of hydrogen-bond acceptors (Lipinski definition) is 7. The first-order chi connectivity index (χ1) is 18.4. The highest BCUT2D eigenvalue weighted by Gasteiger charge is 2.23. The van der Waals surface area contributed by atoms with E-state index in [1.165, 1.54) is 30.2 Å². The summed E-state index contributed by atoms with van der Waals surface area (Å²) in [7, 11) is 1.30. The van der Waals surface area contributed by atoms with E-state index in [2.05, 4.69) is 5.32 Å². The highest BCUT2D eigenvalue weighted by Crippen LogP contribution is 2.35. The van der Waals surface area contributed by atoms with E-state index in [-0.39, 0.29) is 22.8 Å². The number of ether oxygens (including phenoxy) is 1. The van der Waals surface area contributed by atoms with Crippen molar-refractivity contribution in [3.8, 4) is 5.69 Å². The van der Waals surface area contributed by atoms with Crippen LogP contribution in [0.25, 0.3) is 15.9 Å². The zero-order valence-corrected chi connectivity index (χ0v) is 23.3. The van der Waals surface area contributed by atoms with Crippen molar-refractivity contribution in [2.75, 3.05) is 18.2 Å². The van der Waals surface area contributed by atoms with Gasteiger partial charge in [0.1, 0.15) is 4.83 Å². The Kier molecular flexibility index (Phi) is 7.67. The maximum atomic E-state index is 14.1. The van der Waals surface area contributed by atoms with E-state index in [0.29, 0.717) is 16.2 Å².